The Kier molecular flexibility index (Phi) is 2.60. The lowest BCUT2D eigenvalue weighted by Gasteiger charge is -2.26. The third kappa shape index (κ3) is 1.77. The van der Waals surface area contributed by atoms with Crippen molar-refractivity contribution in [1.82, 2.24) is 0 Å². The summed E-state index contributed by atoms with van der Waals surface area (Å²) in [5.41, 5.74) is 0. The van der Waals surface area contributed by atoms with Crippen molar-refractivity contribution in [3.8, 4) is 0 Å². The Labute approximate surface area is 71.7 Å². The molecule has 0 aliphatic carbocycles. The molecule has 0 aromatic heterocycles. The van der Waals surface area contributed by atoms with Crippen LogP contribution in [0, 0.1) is 0 Å². The summed E-state index contributed by atoms with van der Waals surface area (Å²) in [6, 6.07) is 0. The highest BCUT2D eigenvalue weighted by Crippen LogP contribution is 2.19. The van der Waals surface area contributed by atoms with Gasteiger partial charge in [0.1, 0.15) is 0 Å². The van der Waals surface area contributed by atoms with Crippen molar-refractivity contribution < 1.29 is 18.9 Å². The second-order valence-corrected chi connectivity index (χ2v) is 3.11. The molecule has 0 saturated carbocycles. The molecule has 2 fully saturated rings. The van der Waals surface area contributed by atoms with Gasteiger partial charge in [0.2, 0.25) is 12.6 Å². The highest BCUT2D eigenvalue weighted by Gasteiger charge is 2.33. The van der Waals surface area contributed by atoms with E-state index in [0.29, 0.717) is 6.61 Å². The van der Waals surface area contributed by atoms with E-state index in [-0.39, 0.29) is 18.7 Å². The fraction of sp³-hybridized carbons (Fsp3) is 1.00. The first-order valence-electron chi connectivity index (χ1n) is 4.36. The van der Waals surface area contributed by atoms with Gasteiger partial charge in [-0.3, -0.25) is 0 Å². The van der Waals surface area contributed by atoms with Crippen molar-refractivity contribution in [2.24, 2.45) is 0 Å². The van der Waals surface area contributed by atoms with E-state index in [0.717, 1.165) is 19.6 Å². The lowest BCUT2D eigenvalue weighted by Crippen LogP contribution is -2.36. The first-order valence-corrected chi connectivity index (χ1v) is 4.36. The monoisotopic (exact) mass is 174 g/mol. The SMILES string of the molecule is CC1COC(C2OCCCO2)O1. The van der Waals surface area contributed by atoms with Gasteiger partial charge in [0, 0.05) is 0 Å². The van der Waals surface area contributed by atoms with Crippen LogP contribution in [-0.4, -0.2) is 38.5 Å². The lowest BCUT2D eigenvalue weighted by atomic mass is 10.4. The molecule has 0 aromatic carbocycles. The van der Waals surface area contributed by atoms with Gasteiger partial charge in [-0.05, 0) is 13.3 Å². The molecule has 0 N–H and O–H groups in total. The minimum Gasteiger partial charge on any atom is -0.348 e. The van der Waals surface area contributed by atoms with Crippen LogP contribution in [0.5, 0.6) is 0 Å². The summed E-state index contributed by atoms with van der Waals surface area (Å²) in [6.07, 6.45) is 0.479. The average molecular weight is 174 g/mol. The van der Waals surface area contributed by atoms with Crippen molar-refractivity contribution in [1.29, 1.82) is 0 Å². The standard InChI is InChI=1S/C8H14O4/c1-6-5-11-8(12-6)7-9-3-2-4-10-7/h6-8H,2-5H2,1H3. The van der Waals surface area contributed by atoms with E-state index in [1.165, 1.54) is 0 Å². The molecule has 2 unspecified atom stereocenters. The molecule has 0 aromatic rings. The van der Waals surface area contributed by atoms with Gasteiger partial charge in [0.25, 0.3) is 0 Å². The molecule has 2 rings (SSSR count). The van der Waals surface area contributed by atoms with Gasteiger partial charge in [-0.25, -0.2) is 0 Å². The largest absolute Gasteiger partial charge is 0.348 e. The normalized spacial score (nSPS) is 38.8. The summed E-state index contributed by atoms with van der Waals surface area (Å²) in [6.45, 7) is 4.08. The molecule has 2 saturated heterocycles. The van der Waals surface area contributed by atoms with Crippen LogP contribution in [0.3, 0.4) is 0 Å². The molecule has 2 aliphatic heterocycles. The molecular formula is C8H14O4. The number of ether oxygens (including phenoxy) is 4. The number of rotatable bonds is 1. The van der Waals surface area contributed by atoms with Gasteiger partial charge in [0.15, 0.2) is 0 Å². The zero-order chi connectivity index (χ0) is 8.39. The van der Waals surface area contributed by atoms with Gasteiger partial charge in [-0.15, -0.1) is 0 Å². The van der Waals surface area contributed by atoms with E-state index in [1.54, 1.807) is 0 Å². The van der Waals surface area contributed by atoms with E-state index < -0.39 is 0 Å². The Morgan fingerprint density at radius 3 is 2.33 bits per heavy atom. The number of hydrogen-bond donors (Lipinski definition) is 0. The lowest BCUT2D eigenvalue weighted by molar-refractivity contribution is -0.274. The average Bonchev–Trinajstić information content (AvgIpc) is 2.54. The maximum absolute atomic E-state index is 5.43. The Morgan fingerprint density at radius 1 is 1.00 bits per heavy atom. The van der Waals surface area contributed by atoms with Crippen LogP contribution in [0.1, 0.15) is 13.3 Å². The minimum absolute atomic E-state index is 0.157. The maximum atomic E-state index is 5.43. The molecular weight excluding hydrogens is 160 g/mol. The van der Waals surface area contributed by atoms with Gasteiger partial charge in [-0.1, -0.05) is 0 Å². The van der Waals surface area contributed by atoms with E-state index >= 15 is 0 Å². The molecule has 0 radical (unpaired) electrons. The van der Waals surface area contributed by atoms with Crippen LogP contribution in [0.15, 0.2) is 0 Å². The third-order valence-electron chi connectivity index (χ3n) is 1.94. The Bertz CT molecular complexity index is 141. The van der Waals surface area contributed by atoms with E-state index in [4.69, 9.17) is 18.9 Å². The second-order valence-electron chi connectivity index (χ2n) is 3.11. The highest BCUT2D eigenvalue weighted by molar-refractivity contribution is 4.65. The topological polar surface area (TPSA) is 36.9 Å². The maximum Gasteiger partial charge on any atom is 0.209 e. The van der Waals surface area contributed by atoms with E-state index in [9.17, 15) is 0 Å². The van der Waals surface area contributed by atoms with Crippen molar-refractivity contribution in [3.05, 3.63) is 0 Å². The van der Waals surface area contributed by atoms with E-state index in [1.807, 2.05) is 6.92 Å². The van der Waals surface area contributed by atoms with Crippen LogP contribution in [0.4, 0.5) is 0 Å². The van der Waals surface area contributed by atoms with Gasteiger partial charge < -0.3 is 18.9 Å². The Morgan fingerprint density at radius 2 is 1.75 bits per heavy atom. The molecule has 4 heteroatoms. The summed E-state index contributed by atoms with van der Waals surface area (Å²) >= 11 is 0. The molecule has 2 aliphatic rings. The summed E-state index contributed by atoms with van der Waals surface area (Å²) in [7, 11) is 0. The summed E-state index contributed by atoms with van der Waals surface area (Å²) < 4.78 is 21.4. The third-order valence-corrected chi connectivity index (χ3v) is 1.94. The van der Waals surface area contributed by atoms with Gasteiger partial charge in [0.05, 0.1) is 25.9 Å². The first-order chi connectivity index (χ1) is 5.86. The summed E-state index contributed by atoms with van der Waals surface area (Å²) in [5, 5.41) is 0. The molecule has 2 heterocycles. The minimum atomic E-state index is -0.319. The Balaban J connectivity index is 1.83. The smallest absolute Gasteiger partial charge is 0.209 e. The fourth-order valence-electron chi connectivity index (χ4n) is 1.34. The predicted octanol–water partition coefficient (Wildman–Crippen LogP) is 0.511. The molecule has 2 atom stereocenters. The molecule has 0 amide bonds. The first kappa shape index (κ1) is 8.44. The van der Waals surface area contributed by atoms with Crippen molar-refractivity contribution in [2.75, 3.05) is 19.8 Å². The fourth-order valence-corrected chi connectivity index (χ4v) is 1.34. The zero-order valence-electron chi connectivity index (χ0n) is 7.19. The van der Waals surface area contributed by atoms with Crippen LogP contribution < -0.4 is 0 Å². The van der Waals surface area contributed by atoms with E-state index in [2.05, 4.69) is 0 Å². The van der Waals surface area contributed by atoms with Gasteiger partial charge >= 0.3 is 0 Å². The second kappa shape index (κ2) is 3.70. The zero-order valence-corrected chi connectivity index (χ0v) is 7.19. The molecule has 0 bridgehead atoms. The highest BCUT2D eigenvalue weighted by atomic mass is 16.8. The molecule has 4 nitrogen and oxygen atoms in total. The van der Waals surface area contributed by atoms with Crippen molar-refractivity contribution in [3.63, 3.8) is 0 Å². The van der Waals surface area contributed by atoms with Crippen LogP contribution in [-0.2, 0) is 18.9 Å². The van der Waals surface area contributed by atoms with Crippen molar-refractivity contribution in [2.45, 2.75) is 32.0 Å². The molecule has 0 spiro atoms. The molecule has 12 heavy (non-hydrogen) atoms. The summed E-state index contributed by atoms with van der Waals surface area (Å²) in [5.74, 6) is 0. The van der Waals surface area contributed by atoms with Crippen LogP contribution >= 0.6 is 0 Å². The van der Waals surface area contributed by atoms with Gasteiger partial charge in [-0.2, -0.15) is 0 Å². The Hall–Kier alpha value is -0.160. The number of hydrogen-bond acceptors (Lipinski definition) is 4. The molecule has 70 valence electrons. The van der Waals surface area contributed by atoms with Crippen LogP contribution in [0.25, 0.3) is 0 Å². The quantitative estimate of drug-likeness (QED) is 0.580. The van der Waals surface area contributed by atoms with Crippen molar-refractivity contribution >= 4 is 0 Å². The predicted molar refractivity (Wildman–Crippen MR) is 40.6 cm³/mol. The summed E-state index contributed by atoms with van der Waals surface area (Å²) in [4.78, 5) is 0. The van der Waals surface area contributed by atoms with Crippen LogP contribution in [0.2, 0.25) is 0 Å².